The number of thiazole rings is 1. The third kappa shape index (κ3) is 4.54. The summed E-state index contributed by atoms with van der Waals surface area (Å²) in [6, 6.07) is 13.1. The van der Waals surface area contributed by atoms with E-state index in [4.69, 9.17) is 5.11 Å². The van der Waals surface area contributed by atoms with Gasteiger partial charge in [0.2, 0.25) is 0 Å². The van der Waals surface area contributed by atoms with Crippen LogP contribution in [0.3, 0.4) is 0 Å². The topological polar surface area (TPSA) is 50.2 Å². The summed E-state index contributed by atoms with van der Waals surface area (Å²) in [4.78, 5) is 17.7. The van der Waals surface area contributed by atoms with Crippen LogP contribution in [0.4, 0.5) is 13.2 Å². The van der Waals surface area contributed by atoms with Crippen molar-refractivity contribution in [1.82, 2.24) is 4.98 Å². The number of hydrogen-bond donors (Lipinski definition) is 1. The lowest BCUT2D eigenvalue weighted by atomic mass is 10.1. The maximum absolute atomic E-state index is 12.7. The minimum absolute atomic E-state index is 0.122. The molecule has 1 saturated carbocycles. The van der Waals surface area contributed by atoms with Gasteiger partial charge < -0.3 is 5.11 Å². The van der Waals surface area contributed by atoms with Crippen molar-refractivity contribution < 1.29 is 23.1 Å². The van der Waals surface area contributed by atoms with E-state index in [1.165, 1.54) is 23.5 Å². The van der Waals surface area contributed by atoms with Crippen molar-refractivity contribution in [3.05, 3.63) is 70.2 Å². The summed E-state index contributed by atoms with van der Waals surface area (Å²) in [5, 5.41) is 9.76. The molecular weight excluding hydrogens is 431 g/mol. The summed E-state index contributed by atoms with van der Waals surface area (Å²) in [6.45, 7) is 1.90. The number of carbonyl (C=O) groups is 1. The Morgan fingerprint density at radius 3 is 2.40 bits per heavy atom. The van der Waals surface area contributed by atoms with Crippen LogP contribution in [0.1, 0.15) is 34.0 Å². The van der Waals surface area contributed by atoms with Crippen LogP contribution < -0.4 is 0 Å². The first-order valence-electron chi connectivity index (χ1n) is 9.32. The summed E-state index contributed by atoms with van der Waals surface area (Å²) in [5.41, 5.74) is 1.94. The fourth-order valence-corrected chi connectivity index (χ4v) is 5.39. The first-order valence-corrected chi connectivity index (χ1v) is 11.1. The van der Waals surface area contributed by atoms with Gasteiger partial charge in [0.1, 0.15) is 5.01 Å². The number of carboxylic acid groups (broad SMARTS) is 1. The van der Waals surface area contributed by atoms with Gasteiger partial charge in [0.15, 0.2) is 0 Å². The molecule has 8 heteroatoms. The van der Waals surface area contributed by atoms with Gasteiger partial charge in [-0.15, -0.1) is 23.1 Å². The molecule has 156 valence electrons. The van der Waals surface area contributed by atoms with Crippen molar-refractivity contribution in [2.45, 2.75) is 36.1 Å². The second kappa shape index (κ2) is 8.07. The SMILES string of the molecule is Cc1nc(-c2ccc(C(F)(F)F)cc2)sc1CSc1ccc(C2CC2C(=O)O)cc1. The minimum Gasteiger partial charge on any atom is -0.481 e. The summed E-state index contributed by atoms with van der Waals surface area (Å²) < 4.78 is 38.2. The van der Waals surface area contributed by atoms with Crippen LogP contribution in [0.2, 0.25) is 0 Å². The molecule has 1 aromatic heterocycles. The lowest BCUT2D eigenvalue weighted by Crippen LogP contribution is -2.03. The molecule has 0 radical (unpaired) electrons. The maximum atomic E-state index is 12.7. The van der Waals surface area contributed by atoms with E-state index in [9.17, 15) is 18.0 Å². The Balaban J connectivity index is 1.40. The molecule has 30 heavy (non-hydrogen) atoms. The zero-order valence-corrected chi connectivity index (χ0v) is 17.6. The molecule has 0 aliphatic heterocycles. The van der Waals surface area contributed by atoms with Crippen molar-refractivity contribution in [3.63, 3.8) is 0 Å². The number of nitrogens with zero attached hydrogens (tertiary/aromatic N) is 1. The van der Waals surface area contributed by atoms with Crippen molar-refractivity contribution in [2.75, 3.05) is 0 Å². The molecule has 3 aromatic rings. The number of thioether (sulfide) groups is 1. The molecule has 0 amide bonds. The monoisotopic (exact) mass is 449 g/mol. The van der Waals surface area contributed by atoms with Crippen LogP contribution in [0, 0.1) is 12.8 Å². The highest BCUT2D eigenvalue weighted by Gasteiger charge is 2.44. The van der Waals surface area contributed by atoms with Crippen LogP contribution in [0.5, 0.6) is 0 Å². The number of aliphatic carboxylic acids is 1. The zero-order valence-electron chi connectivity index (χ0n) is 15.9. The number of aryl methyl sites for hydroxylation is 1. The number of carboxylic acids is 1. The highest BCUT2D eigenvalue weighted by atomic mass is 32.2. The lowest BCUT2D eigenvalue weighted by Gasteiger charge is -2.06. The lowest BCUT2D eigenvalue weighted by molar-refractivity contribution is -0.139. The second-order valence-electron chi connectivity index (χ2n) is 7.25. The van der Waals surface area contributed by atoms with E-state index >= 15 is 0 Å². The normalized spacial score (nSPS) is 18.4. The molecule has 4 rings (SSSR count). The van der Waals surface area contributed by atoms with Crippen molar-refractivity contribution in [2.24, 2.45) is 5.92 Å². The second-order valence-corrected chi connectivity index (χ2v) is 9.38. The molecule has 1 aliphatic carbocycles. The number of aromatic nitrogens is 1. The van der Waals surface area contributed by atoms with Gasteiger partial charge in [-0.05, 0) is 49.1 Å². The molecule has 1 N–H and O–H groups in total. The molecule has 3 nitrogen and oxygen atoms in total. The largest absolute Gasteiger partial charge is 0.481 e. The summed E-state index contributed by atoms with van der Waals surface area (Å²) >= 11 is 3.14. The van der Waals surface area contributed by atoms with Crippen molar-refractivity contribution in [1.29, 1.82) is 0 Å². The van der Waals surface area contributed by atoms with Crippen molar-refractivity contribution in [3.8, 4) is 10.6 Å². The first kappa shape index (κ1) is 20.9. The third-order valence-corrected chi connectivity index (χ3v) is 7.57. The van der Waals surface area contributed by atoms with Gasteiger partial charge in [-0.25, -0.2) is 4.98 Å². The highest BCUT2D eigenvalue weighted by Crippen LogP contribution is 2.47. The van der Waals surface area contributed by atoms with Gasteiger partial charge in [-0.2, -0.15) is 13.2 Å². The van der Waals surface area contributed by atoms with Gasteiger partial charge >= 0.3 is 12.1 Å². The average Bonchev–Trinajstić information content (AvgIpc) is 3.43. The molecule has 0 spiro atoms. The minimum atomic E-state index is -4.34. The van der Waals surface area contributed by atoms with Crippen LogP contribution in [0.15, 0.2) is 53.4 Å². The predicted octanol–water partition coefficient (Wildman–Crippen LogP) is 6.62. The molecule has 1 fully saturated rings. The van der Waals surface area contributed by atoms with E-state index in [-0.39, 0.29) is 11.8 Å². The molecule has 2 atom stereocenters. The molecule has 1 heterocycles. The quantitative estimate of drug-likeness (QED) is 0.430. The first-order chi connectivity index (χ1) is 14.2. The van der Waals surface area contributed by atoms with Gasteiger partial charge in [-0.3, -0.25) is 4.79 Å². The van der Waals surface area contributed by atoms with E-state index in [2.05, 4.69) is 4.98 Å². The van der Waals surface area contributed by atoms with Crippen molar-refractivity contribution >= 4 is 29.1 Å². The van der Waals surface area contributed by atoms with Gasteiger partial charge in [0, 0.05) is 21.1 Å². The predicted molar refractivity (Wildman–Crippen MR) is 112 cm³/mol. The van der Waals surface area contributed by atoms with E-state index < -0.39 is 17.7 Å². The van der Waals surface area contributed by atoms with Gasteiger partial charge in [0.25, 0.3) is 0 Å². The van der Waals surface area contributed by atoms with Crippen LogP contribution in [0.25, 0.3) is 10.6 Å². The summed E-state index contributed by atoms with van der Waals surface area (Å²) in [6.07, 6.45) is -3.64. The average molecular weight is 450 g/mol. The number of benzene rings is 2. The van der Waals surface area contributed by atoms with E-state index in [0.29, 0.717) is 22.7 Å². The van der Waals surface area contributed by atoms with Gasteiger partial charge in [-0.1, -0.05) is 24.3 Å². The Bertz CT molecular complexity index is 1060. The Morgan fingerprint density at radius 1 is 1.17 bits per heavy atom. The van der Waals surface area contributed by atoms with E-state index in [1.807, 2.05) is 31.2 Å². The molecular formula is C22H18F3NO2S2. The fraction of sp³-hybridized carbons (Fsp3) is 0.273. The molecule has 0 bridgehead atoms. The molecule has 1 aliphatic rings. The summed E-state index contributed by atoms with van der Waals surface area (Å²) in [7, 11) is 0. The maximum Gasteiger partial charge on any atom is 0.416 e. The number of hydrogen-bond acceptors (Lipinski definition) is 4. The smallest absolute Gasteiger partial charge is 0.416 e. The van der Waals surface area contributed by atoms with E-state index in [0.717, 1.165) is 33.2 Å². The zero-order chi connectivity index (χ0) is 21.5. The number of alkyl halides is 3. The van der Waals surface area contributed by atoms with Crippen LogP contribution >= 0.6 is 23.1 Å². The standard InChI is InChI=1S/C22H18F3NO2S2/c1-12-19(30-20(26-12)14-2-6-15(7-3-14)22(23,24)25)11-29-16-8-4-13(5-9-16)17-10-18(17)21(27)28/h2-9,17-18H,10-11H2,1H3,(H,27,28). The van der Waals surface area contributed by atoms with Crippen LogP contribution in [-0.2, 0) is 16.7 Å². The van der Waals surface area contributed by atoms with Crippen LogP contribution in [-0.4, -0.2) is 16.1 Å². The molecule has 2 unspecified atom stereocenters. The Hall–Kier alpha value is -2.32. The Morgan fingerprint density at radius 2 is 1.83 bits per heavy atom. The Kier molecular flexibility index (Phi) is 5.63. The Labute approximate surface area is 180 Å². The molecule has 0 saturated heterocycles. The van der Waals surface area contributed by atoms with Gasteiger partial charge in [0.05, 0.1) is 17.2 Å². The third-order valence-electron chi connectivity index (χ3n) is 5.14. The summed E-state index contributed by atoms with van der Waals surface area (Å²) in [5.74, 6) is -0.156. The highest BCUT2D eigenvalue weighted by molar-refractivity contribution is 7.98. The number of halogens is 3. The number of rotatable bonds is 6. The molecule has 2 aromatic carbocycles. The fourth-order valence-electron chi connectivity index (χ4n) is 3.28. The van der Waals surface area contributed by atoms with E-state index in [1.54, 1.807) is 11.8 Å².